The van der Waals surface area contributed by atoms with Crippen molar-refractivity contribution >= 4 is 78.6 Å². The van der Waals surface area contributed by atoms with E-state index in [1.807, 2.05) is 23.3 Å². The van der Waals surface area contributed by atoms with Crippen LogP contribution >= 0.6 is 12.2 Å². The molecule has 0 unspecified atom stereocenters. The van der Waals surface area contributed by atoms with E-state index in [1.165, 1.54) is 63.3 Å². The molecule has 0 radical (unpaired) electrons. The van der Waals surface area contributed by atoms with E-state index in [-0.39, 0.29) is 50.6 Å². The average molecular weight is 624 g/mol. The number of amides is 3. The molecule has 0 aliphatic carbocycles. The van der Waals surface area contributed by atoms with E-state index in [0.717, 1.165) is 0 Å². The average Bonchev–Trinajstić information content (AvgIpc) is 2.86. The summed E-state index contributed by atoms with van der Waals surface area (Å²) < 4.78 is 56.3. The van der Waals surface area contributed by atoms with Crippen LogP contribution in [0.15, 0.2) is 46.2 Å². The number of benzene rings is 2. The summed E-state index contributed by atoms with van der Waals surface area (Å²) in [6.45, 7) is 8.00. The van der Waals surface area contributed by atoms with Gasteiger partial charge in [0, 0.05) is 37.2 Å². The molecule has 0 heterocycles. The van der Waals surface area contributed by atoms with E-state index in [1.54, 1.807) is 6.07 Å². The van der Waals surface area contributed by atoms with E-state index in [2.05, 4.69) is 16.0 Å². The van der Waals surface area contributed by atoms with Crippen LogP contribution in [0.5, 0.6) is 0 Å². The van der Waals surface area contributed by atoms with Crippen LogP contribution in [0.25, 0.3) is 12.2 Å². The Hall–Kier alpha value is -3.82. The number of nitrogens with one attached hydrogen (secondary N) is 5. The molecular formula is C26H33N5O7S3. The molecule has 0 spiro atoms. The first kappa shape index (κ1) is 33.4. The quantitative estimate of drug-likeness (QED) is 0.185. The zero-order valence-electron chi connectivity index (χ0n) is 23.2. The fraction of sp³-hybridized carbons (Fsp3) is 0.308. The van der Waals surface area contributed by atoms with Crippen molar-refractivity contribution < 1.29 is 31.2 Å². The Kier molecular flexibility index (Phi) is 11.6. The summed E-state index contributed by atoms with van der Waals surface area (Å²) in [6.07, 6.45) is 2.54. The lowest BCUT2D eigenvalue weighted by atomic mass is 10.1. The third-order valence-electron chi connectivity index (χ3n) is 5.19. The number of carbonyl (C=O) groups excluding carboxylic acids is 3. The lowest BCUT2D eigenvalue weighted by Crippen LogP contribution is -2.34. The largest absolute Gasteiger partial charge is 0.360 e. The maximum absolute atomic E-state index is 13.2. The Bertz CT molecular complexity index is 1580. The summed E-state index contributed by atoms with van der Waals surface area (Å²) in [5, 5.41) is 8.62. The maximum Gasteiger partial charge on any atom is 0.264 e. The predicted octanol–water partition coefficient (Wildman–Crippen LogP) is 2.94. The van der Waals surface area contributed by atoms with Crippen molar-refractivity contribution in [1.82, 2.24) is 14.8 Å². The molecule has 0 saturated carbocycles. The zero-order valence-corrected chi connectivity index (χ0v) is 25.6. The van der Waals surface area contributed by atoms with Gasteiger partial charge < -0.3 is 16.0 Å². The SMILES string of the molecule is CCC(=O)NS(=O)(=O)c1cc(NC(C)=O)ccc1/C=C/c1ccc(NC(=S)NC(C)C)cc1S(=O)(=O)NC(=O)CC. The lowest BCUT2D eigenvalue weighted by Gasteiger charge is -2.15. The van der Waals surface area contributed by atoms with Crippen molar-refractivity contribution in [2.45, 2.75) is 63.3 Å². The van der Waals surface area contributed by atoms with Crippen molar-refractivity contribution in [3.63, 3.8) is 0 Å². The molecule has 3 amide bonds. The van der Waals surface area contributed by atoms with Crippen LogP contribution in [-0.2, 0) is 34.4 Å². The van der Waals surface area contributed by atoms with E-state index < -0.39 is 37.8 Å². The highest BCUT2D eigenvalue weighted by molar-refractivity contribution is 7.90. The fourth-order valence-corrected chi connectivity index (χ4v) is 6.25. The van der Waals surface area contributed by atoms with Gasteiger partial charge in [-0.3, -0.25) is 14.4 Å². The number of hydrogen-bond donors (Lipinski definition) is 5. The molecule has 0 bridgehead atoms. The first-order chi connectivity index (χ1) is 19.1. The van der Waals surface area contributed by atoms with Crippen molar-refractivity contribution in [2.24, 2.45) is 0 Å². The van der Waals surface area contributed by atoms with Gasteiger partial charge in [-0.25, -0.2) is 26.3 Å². The van der Waals surface area contributed by atoms with Crippen molar-refractivity contribution in [1.29, 1.82) is 0 Å². The van der Waals surface area contributed by atoms with Crippen LogP contribution < -0.4 is 25.4 Å². The molecular weight excluding hydrogens is 591 g/mol. The first-order valence-electron chi connectivity index (χ1n) is 12.5. The smallest absolute Gasteiger partial charge is 0.264 e. The number of hydrogen-bond acceptors (Lipinski definition) is 8. The molecule has 0 aliphatic heterocycles. The fourth-order valence-electron chi connectivity index (χ4n) is 3.33. The molecule has 222 valence electrons. The molecule has 0 aromatic heterocycles. The minimum absolute atomic E-state index is 0.0221. The Morgan fingerprint density at radius 3 is 1.56 bits per heavy atom. The lowest BCUT2D eigenvalue weighted by molar-refractivity contribution is -0.119. The molecule has 0 saturated heterocycles. The van der Waals surface area contributed by atoms with Crippen LogP contribution in [-0.4, -0.2) is 45.7 Å². The van der Waals surface area contributed by atoms with Gasteiger partial charge in [-0.05, 0) is 61.5 Å². The predicted molar refractivity (Wildman–Crippen MR) is 162 cm³/mol. The highest BCUT2D eigenvalue weighted by Crippen LogP contribution is 2.26. The normalized spacial score (nSPS) is 11.7. The minimum Gasteiger partial charge on any atom is -0.360 e. The number of thiocarbonyl (C=S) groups is 1. The number of sulfonamides is 2. The van der Waals surface area contributed by atoms with E-state index in [9.17, 15) is 31.2 Å². The Labute approximate surface area is 245 Å². The van der Waals surface area contributed by atoms with Gasteiger partial charge >= 0.3 is 0 Å². The monoisotopic (exact) mass is 623 g/mol. The second kappa shape index (κ2) is 14.2. The maximum atomic E-state index is 13.2. The van der Waals surface area contributed by atoms with Crippen molar-refractivity contribution in [3.8, 4) is 0 Å². The molecule has 0 atom stereocenters. The van der Waals surface area contributed by atoms with Gasteiger partial charge in [-0.2, -0.15) is 0 Å². The van der Waals surface area contributed by atoms with E-state index in [0.29, 0.717) is 5.69 Å². The van der Waals surface area contributed by atoms with Gasteiger partial charge in [0.25, 0.3) is 20.0 Å². The summed E-state index contributed by atoms with van der Waals surface area (Å²) in [6, 6.07) is 8.37. The summed E-state index contributed by atoms with van der Waals surface area (Å²) in [5.74, 6) is -1.89. The molecule has 0 fully saturated rings. The van der Waals surface area contributed by atoms with Gasteiger partial charge in [0.1, 0.15) is 0 Å². The Morgan fingerprint density at radius 2 is 1.20 bits per heavy atom. The molecule has 15 heteroatoms. The molecule has 2 aromatic rings. The molecule has 0 aliphatic rings. The van der Waals surface area contributed by atoms with E-state index >= 15 is 0 Å². The highest BCUT2D eigenvalue weighted by Gasteiger charge is 2.23. The second-order valence-corrected chi connectivity index (χ2v) is 12.7. The number of rotatable bonds is 11. The number of anilines is 2. The highest BCUT2D eigenvalue weighted by atomic mass is 32.2. The summed E-state index contributed by atoms with van der Waals surface area (Å²) in [5.41, 5.74) is 0.725. The van der Waals surface area contributed by atoms with Crippen LogP contribution in [0.4, 0.5) is 11.4 Å². The topological polar surface area (TPSA) is 180 Å². The van der Waals surface area contributed by atoms with Gasteiger partial charge in [0.2, 0.25) is 17.7 Å². The Morgan fingerprint density at radius 1 is 0.780 bits per heavy atom. The summed E-state index contributed by atoms with van der Waals surface area (Å²) in [7, 11) is -8.70. The molecule has 41 heavy (non-hydrogen) atoms. The van der Waals surface area contributed by atoms with Gasteiger partial charge in [0.05, 0.1) is 9.79 Å². The zero-order chi connectivity index (χ0) is 31.0. The summed E-state index contributed by atoms with van der Waals surface area (Å²) >= 11 is 5.24. The van der Waals surface area contributed by atoms with Crippen LogP contribution in [0.2, 0.25) is 0 Å². The van der Waals surface area contributed by atoms with Crippen LogP contribution in [0.1, 0.15) is 58.6 Å². The molecule has 12 nitrogen and oxygen atoms in total. The molecule has 5 N–H and O–H groups in total. The standard InChI is InChI=1S/C26H33N5O7S3/c1-6-24(33)30-40(35,36)22-14-20(28-17(5)32)12-10-18(22)8-9-19-11-13-21(29-26(39)27-16(3)4)15-23(19)41(37,38)31-25(34)7-2/h8-16H,6-7H2,1-5H3,(H,28,32)(H,30,33)(H,31,34)(H2,27,29,39)/b9-8+. The van der Waals surface area contributed by atoms with Gasteiger partial charge in [-0.15, -0.1) is 0 Å². The Balaban J connectivity index is 2.66. The third kappa shape index (κ3) is 9.95. The number of carbonyl (C=O) groups is 3. The van der Waals surface area contributed by atoms with Crippen LogP contribution in [0.3, 0.4) is 0 Å². The minimum atomic E-state index is -4.36. The van der Waals surface area contributed by atoms with E-state index in [4.69, 9.17) is 12.2 Å². The van der Waals surface area contributed by atoms with Gasteiger partial charge in [0.15, 0.2) is 5.11 Å². The third-order valence-corrected chi connectivity index (χ3v) is 8.26. The first-order valence-corrected chi connectivity index (χ1v) is 15.9. The molecule has 2 aromatic carbocycles. The summed E-state index contributed by atoms with van der Waals surface area (Å²) in [4.78, 5) is 34.8. The van der Waals surface area contributed by atoms with Gasteiger partial charge in [-0.1, -0.05) is 38.1 Å². The second-order valence-electron chi connectivity index (χ2n) is 9.04. The molecule has 2 rings (SSSR count). The van der Waals surface area contributed by atoms with Crippen molar-refractivity contribution in [2.75, 3.05) is 10.6 Å². The van der Waals surface area contributed by atoms with Crippen LogP contribution in [0, 0.1) is 0 Å². The van der Waals surface area contributed by atoms with Crippen molar-refractivity contribution in [3.05, 3.63) is 47.5 Å².